The van der Waals surface area contributed by atoms with Crippen LogP contribution in [0.5, 0.6) is 0 Å². The van der Waals surface area contributed by atoms with Gasteiger partial charge in [0.2, 0.25) is 5.88 Å². The van der Waals surface area contributed by atoms with Crippen molar-refractivity contribution in [3.8, 4) is 0 Å². The molecule has 2 aliphatic heterocycles. The molecule has 108 valence electrons. The molecule has 0 spiro atoms. The molecule has 1 unspecified atom stereocenters. The Kier molecular flexibility index (Phi) is 3.52. The fourth-order valence-corrected chi connectivity index (χ4v) is 1.81. The number of amidine groups is 1. The molecule has 2 aliphatic rings. The summed E-state index contributed by atoms with van der Waals surface area (Å²) in [7, 11) is 0. The van der Waals surface area contributed by atoms with Crippen LogP contribution < -0.4 is 10.6 Å². The quantitative estimate of drug-likeness (QED) is 0.692. The maximum atomic E-state index is 11.9. The molecule has 0 radical (unpaired) electrons. The average Bonchev–Trinajstić information content (AvgIpc) is 2.66. The van der Waals surface area contributed by atoms with E-state index in [1.165, 1.54) is 6.08 Å². The number of aliphatic imine (C=N–C) groups is 1. The van der Waals surface area contributed by atoms with Gasteiger partial charge in [-0.05, 0) is 18.9 Å². The highest BCUT2D eigenvalue weighted by Crippen LogP contribution is 2.26. The van der Waals surface area contributed by atoms with Crippen LogP contribution in [0.1, 0.15) is 20.8 Å². The molecule has 0 aromatic heterocycles. The van der Waals surface area contributed by atoms with E-state index in [2.05, 4.69) is 15.6 Å². The number of rotatable bonds is 3. The van der Waals surface area contributed by atoms with Crippen molar-refractivity contribution in [3.05, 3.63) is 23.6 Å². The highest BCUT2D eigenvalue weighted by Gasteiger charge is 2.43. The number of hydrogen-bond acceptors (Lipinski definition) is 5. The van der Waals surface area contributed by atoms with Gasteiger partial charge in [0, 0.05) is 6.54 Å². The third kappa shape index (κ3) is 2.38. The van der Waals surface area contributed by atoms with Crippen molar-refractivity contribution < 1.29 is 19.4 Å². The first-order valence-electron chi connectivity index (χ1n) is 6.31. The van der Waals surface area contributed by atoms with Crippen LogP contribution in [0, 0.1) is 5.92 Å². The monoisotopic (exact) mass is 279 g/mol. The first-order chi connectivity index (χ1) is 9.34. The Labute approximate surface area is 116 Å². The van der Waals surface area contributed by atoms with E-state index in [-0.39, 0.29) is 29.3 Å². The van der Waals surface area contributed by atoms with E-state index in [0.29, 0.717) is 6.54 Å². The number of carboxylic acids is 1. The Morgan fingerprint density at radius 2 is 2.25 bits per heavy atom. The summed E-state index contributed by atoms with van der Waals surface area (Å²) in [5.41, 5.74) is -0.907. The minimum atomic E-state index is -1.11. The van der Waals surface area contributed by atoms with Crippen molar-refractivity contribution in [2.75, 3.05) is 6.54 Å². The van der Waals surface area contributed by atoms with Gasteiger partial charge in [0.15, 0.2) is 0 Å². The largest absolute Gasteiger partial charge is 0.477 e. The van der Waals surface area contributed by atoms with Crippen LogP contribution in [0.15, 0.2) is 28.6 Å². The summed E-state index contributed by atoms with van der Waals surface area (Å²) in [5, 5.41) is 14.4. The van der Waals surface area contributed by atoms with Gasteiger partial charge in [0.25, 0.3) is 11.9 Å². The zero-order chi connectivity index (χ0) is 14.9. The van der Waals surface area contributed by atoms with Crippen LogP contribution in [0.4, 0.5) is 0 Å². The summed E-state index contributed by atoms with van der Waals surface area (Å²) >= 11 is 0. The van der Waals surface area contributed by atoms with E-state index in [1.807, 2.05) is 13.8 Å². The Bertz CT molecular complexity index is 548. The number of nitrogens with one attached hydrogen (secondary N) is 2. The molecular formula is C13H17N3O4. The average molecular weight is 279 g/mol. The normalized spacial score (nSPS) is 25.4. The lowest BCUT2D eigenvalue weighted by Gasteiger charge is -2.21. The van der Waals surface area contributed by atoms with Gasteiger partial charge < -0.3 is 15.2 Å². The third-order valence-electron chi connectivity index (χ3n) is 3.48. The van der Waals surface area contributed by atoms with Crippen molar-refractivity contribution in [2.24, 2.45) is 10.9 Å². The number of hydrogen-bond donors (Lipinski definition) is 3. The van der Waals surface area contributed by atoms with Crippen molar-refractivity contribution in [2.45, 2.75) is 26.3 Å². The van der Waals surface area contributed by atoms with Gasteiger partial charge in [0.05, 0.1) is 0 Å². The number of amides is 1. The Morgan fingerprint density at radius 3 is 2.80 bits per heavy atom. The molecule has 2 heterocycles. The first-order valence-corrected chi connectivity index (χ1v) is 6.31. The molecule has 1 atom stereocenters. The van der Waals surface area contributed by atoms with Gasteiger partial charge in [-0.3, -0.25) is 10.1 Å². The van der Waals surface area contributed by atoms with Crippen LogP contribution in [0.3, 0.4) is 0 Å². The number of dihydropyridines is 1. The number of carboxylic acid groups (broad SMARTS) is 1. The summed E-state index contributed by atoms with van der Waals surface area (Å²) in [6, 6.07) is 0.0164. The molecule has 0 aliphatic carbocycles. The lowest BCUT2D eigenvalue weighted by atomic mass is 9.89. The van der Waals surface area contributed by atoms with E-state index in [1.54, 1.807) is 13.0 Å². The Morgan fingerprint density at radius 1 is 1.55 bits per heavy atom. The number of carbonyl (C=O) groups is 2. The number of carbonyl (C=O) groups excluding carboxylic acids is 1. The highest BCUT2D eigenvalue weighted by atomic mass is 16.5. The van der Waals surface area contributed by atoms with Crippen LogP contribution in [0.25, 0.3) is 0 Å². The second kappa shape index (κ2) is 4.99. The van der Waals surface area contributed by atoms with E-state index in [9.17, 15) is 9.59 Å². The maximum Gasteiger partial charge on any atom is 0.341 e. The Hall–Kier alpha value is -2.31. The Balaban J connectivity index is 2.25. The summed E-state index contributed by atoms with van der Waals surface area (Å²) in [5.74, 6) is -1.30. The fraction of sp³-hybridized carbons (Fsp3) is 0.462. The van der Waals surface area contributed by atoms with E-state index >= 15 is 0 Å². The molecule has 0 aromatic carbocycles. The van der Waals surface area contributed by atoms with Gasteiger partial charge >= 0.3 is 5.97 Å². The second-order valence-corrected chi connectivity index (χ2v) is 5.11. The summed E-state index contributed by atoms with van der Waals surface area (Å²) in [4.78, 5) is 27.2. The van der Waals surface area contributed by atoms with Gasteiger partial charge in [-0.1, -0.05) is 19.9 Å². The van der Waals surface area contributed by atoms with Crippen molar-refractivity contribution in [3.63, 3.8) is 0 Å². The molecule has 0 bridgehead atoms. The zero-order valence-corrected chi connectivity index (χ0v) is 11.6. The third-order valence-corrected chi connectivity index (χ3v) is 3.48. The first kappa shape index (κ1) is 14.1. The standard InChI is InChI=1S/C13H17N3O4/c1-7(2)13(3)11(19)15-12(16-13)20-9-8(10(17)18)5-4-6-14-9/h4-5,7,14H,6H2,1-3H3,(H,17,18)(H,15,16,19). The number of aliphatic carboxylic acids is 1. The molecule has 3 N–H and O–H groups in total. The predicted octanol–water partition coefficient (Wildman–Crippen LogP) is 0.359. The molecule has 2 rings (SSSR count). The summed E-state index contributed by atoms with van der Waals surface area (Å²) in [6.07, 6.45) is 3.12. The van der Waals surface area contributed by atoms with E-state index in [0.717, 1.165) is 0 Å². The zero-order valence-electron chi connectivity index (χ0n) is 11.6. The number of nitrogens with zero attached hydrogens (tertiary/aromatic N) is 1. The van der Waals surface area contributed by atoms with Gasteiger partial charge in [-0.2, -0.15) is 0 Å². The van der Waals surface area contributed by atoms with Crippen molar-refractivity contribution >= 4 is 17.9 Å². The molecule has 7 nitrogen and oxygen atoms in total. The van der Waals surface area contributed by atoms with Crippen molar-refractivity contribution in [1.82, 2.24) is 10.6 Å². The van der Waals surface area contributed by atoms with Crippen LogP contribution in [-0.2, 0) is 14.3 Å². The lowest BCUT2D eigenvalue weighted by molar-refractivity contribution is -0.132. The molecule has 1 amide bonds. The lowest BCUT2D eigenvalue weighted by Crippen LogP contribution is -2.41. The molecule has 0 fully saturated rings. The molecule has 0 saturated heterocycles. The molecular weight excluding hydrogens is 262 g/mol. The smallest absolute Gasteiger partial charge is 0.341 e. The van der Waals surface area contributed by atoms with Gasteiger partial charge in [-0.15, -0.1) is 0 Å². The van der Waals surface area contributed by atoms with Crippen LogP contribution in [0.2, 0.25) is 0 Å². The highest BCUT2D eigenvalue weighted by molar-refractivity contribution is 6.05. The van der Waals surface area contributed by atoms with Crippen molar-refractivity contribution in [1.29, 1.82) is 0 Å². The van der Waals surface area contributed by atoms with E-state index in [4.69, 9.17) is 9.84 Å². The van der Waals surface area contributed by atoms with Gasteiger partial charge in [-0.25, -0.2) is 9.79 Å². The van der Waals surface area contributed by atoms with Crippen LogP contribution >= 0.6 is 0 Å². The minimum absolute atomic E-state index is 0.00395. The topological polar surface area (TPSA) is 100 Å². The predicted molar refractivity (Wildman–Crippen MR) is 71.7 cm³/mol. The maximum absolute atomic E-state index is 11.9. The fourth-order valence-electron chi connectivity index (χ4n) is 1.81. The summed E-state index contributed by atoms with van der Waals surface area (Å²) in [6.45, 7) is 5.93. The van der Waals surface area contributed by atoms with Crippen LogP contribution in [-0.4, -0.2) is 35.1 Å². The SMILES string of the molecule is CC(C)C1(C)N=C(OC2=C(C(=O)O)C=CCN2)NC1=O. The number of ether oxygens (including phenoxy) is 1. The summed E-state index contributed by atoms with van der Waals surface area (Å²) < 4.78 is 5.40. The minimum Gasteiger partial charge on any atom is -0.477 e. The van der Waals surface area contributed by atoms with Gasteiger partial charge in [0.1, 0.15) is 11.1 Å². The second-order valence-electron chi connectivity index (χ2n) is 5.11. The molecule has 7 heteroatoms. The molecule has 0 aromatic rings. The molecule has 0 saturated carbocycles. The van der Waals surface area contributed by atoms with E-state index < -0.39 is 11.5 Å². The molecule has 20 heavy (non-hydrogen) atoms.